The number of sulfonamides is 1. The Kier molecular flexibility index (Phi) is 8.74. The van der Waals surface area contributed by atoms with Crippen LogP contribution >= 0.6 is 0 Å². The molecule has 0 aliphatic heterocycles. The minimum Gasteiger partial charge on any atom is -0.370 e. The predicted octanol–water partition coefficient (Wildman–Crippen LogP) is 2.32. The standard InChI is InChI=1S/C20H38N4O3S/c1-22-19(21)23-20(15-25,12-11-16-7-4-3-5-8-16)14-17-9-6-10-18(13-17)24-28(2,26)27/h15-18,24H,3-14H2,1-2H3,(H3,21,22,23)/t17-,18+,20+/m0/s1. The molecular weight excluding hydrogens is 376 g/mol. The topological polar surface area (TPSA) is 114 Å². The minimum atomic E-state index is -3.22. The number of hydrogen-bond donors (Lipinski definition) is 3. The van der Waals surface area contributed by atoms with Crippen LogP contribution in [0, 0.1) is 11.8 Å². The molecule has 2 rings (SSSR count). The highest BCUT2D eigenvalue weighted by molar-refractivity contribution is 7.88. The molecule has 0 heterocycles. The summed E-state index contributed by atoms with van der Waals surface area (Å²) >= 11 is 0. The molecule has 2 saturated carbocycles. The van der Waals surface area contributed by atoms with Gasteiger partial charge < -0.3 is 15.8 Å². The SMILES string of the molecule is CN=C(N)N[C@](C=O)(CCC1CCCCC1)C[C@H]1CCC[C@@H](NS(C)(=O)=O)C1. The molecule has 0 saturated heterocycles. The molecule has 0 aromatic rings. The predicted molar refractivity (Wildman–Crippen MR) is 114 cm³/mol. The molecule has 162 valence electrons. The lowest BCUT2D eigenvalue weighted by molar-refractivity contribution is -0.114. The van der Waals surface area contributed by atoms with Crippen LogP contribution in [0.25, 0.3) is 0 Å². The molecular formula is C20H38N4O3S. The summed E-state index contributed by atoms with van der Waals surface area (Å²) in [5.41, 5.74) is 5.22. The van der Waals surface area contributed by atoms with Crippen LogP contribution in [0.15, 0.2) is 4.99 Å². The van der Waals surface area contributed by atoms with Crippen molar-refractivity contribution in [2.45, 2.75) is 88.6 Å². The van der Waals surface area contributed by atoms with Gasteiger partial charge in [0.25, 0.3) is 0 Å². The van der Waals surface area contributed by atoms with E-state index < -0.39 is 15.6 Å². The van der Waals surface area contributed by atoms with Crippen molar-refractivity contribution in [2.24, 2.45) is 22.6 Å². The van der Waals surface area contributed by atoms with Crippen molar-refractivity contribution in [3.05, 3.63) is 0 Å². The third-order valence-corrected chi connectivity index (χ3v) is 7.14. The molecule has 2 aliphatic rings. The fraction of sp³-hybridized carbons (Fsp3) is 0.900. The van der Waals surface area contributed by atoms with E-state index in [2.05, 4.69) is 15.0 Å². The second-order valence-corrected chi connectivity index (χ2v) is 10.7. The van der Waals surface area contributed by atoms with Crippen molar-refractivity contribution < 1.29 is 13.2 Å². The quantitative estimate of drug-likeness (QED) is 0.304. The molecule has 0 bridgehead atoms. The molecule has 0 amide bonds. The van der Waals surface area contributed by atoms with E-state index in [1.807, 2.05) is 0 Å². The summed E-state index contributed by atoms with van der Waals surface area (Å²) in [6.45, 7) is 0. The molecule has 2 fully saturated rings. The zero-order chi connectivity index (χ0) is 20.6. The lowest BCUT2D eigenvalue weighted by Gasteiger charge is -2.38. The lowest BCUT2D eigenvalue weighted by Crippen LogP contribution is -2.54. The molecule has 28 heavy (non-hydrogen) atoms. The van der Waals surface area contributed by atoms with Crippen LogP contribution in [-0.2, 0) is 14.8 Å². The number of carbonyl (C=O) groups is 1. The van der Waals surface area contributed by atoms with Gasteiger partial charge in [-0.2, -0.15) is 0 Å². The Morgan fingerprint density at radius 1 is 1.14 bits per heavy atom. The second-order valence-electron chi connectivity index (χ2n) is 8.87. The summed E-state index contributed by atoms with van der Waals surface area (Å²) in [6.07, 6.45) is 14.6. The van der Waals surface area contributed by atoms with Gasteiger partial charge in [0.2, 0.25) is 10.0 Å². The monoisotopic (exact) mass is 414 g/mol. The van der Waals surface area contributed by atoms with Crippen molar-refractivity contribution in [3.63, 3.8) is 0 Å². The van der Waals surface area contributed by atoms with Crippen molar-refractivity contribution in [2.75, 3.05) is 13.3 Å². The Hall–Kier alpha value is -1.15. The van der Waals surface area contributed by atoms with E-state index >= 15 is 0 Å². The first-order valence-electron chi connectivity index (χ1n) is 10.7. The molecule has 0 unspecified atom stereocenters. The van der Waals surface area contributed by atoms with Gasteiger partial charge in [0.05, 0.1) is 11.8 Å². The van der Waals surface area contributed by atoms with Crippen LogP contribution in [0.2, 0.25) is 0 Å². The van der Waals surface area contributed by atoms with Crippen LogP contribution in [0.5, 0.6) is 0 Å². The normalized spacial score (nSPS) is 27.1. The van der Waals surface area contributed by atoms with Crippen LogP contribution < -0.4 is 15.8 Å². The third kappa shape index (κ3) is 7.70. The molecule has 8 heteroatoms. The van der Waals surface area contributed by atoms with Crippen molar-refractivity contribution in [1.29, 1.82) is 0 Å². The number of nitrogens with one attached hydrogen (secondary N) is 2. The van der Waals surface area contributed by atoms with Crippen molar-refractivity contribution in [1.82, 2.24) is 10.0 Å². The first kappa shape index (κ1) is 23.1. The van der Waals surface area contributed by atoms with Gasteiger partial charge in [0, 0.05) is 13.1 Å². The Balaban J connectivity index is 2.05. The fourth-order valence-corrected chi connectivity index (χ4v) is 5.82. The minimum absolute atomic E-state index is 0.0476. The van der Waals surface area contributed by atoms with E-state index in [-0.39, 0.29) is 17.9 Å². The van der Waals surface area contributed by atoms with E-state index in [1.165, 1.54) is 38.4 Å². The number of aldehydes is 1. The number of guanidine groups is 1. The van der Waals surface area contributed by atoms with Gasteiger partial charge in [0.15, 0.2) is 5.96 Å². The summed E-state index contributed by atoms with van der Waals surface area (Å²) in [7, 11) is -1.60. The van der Waals surface area contributed by atoms with Crippen LogP contribution in [0.4, 0.5) is 0 Å². The Morgan fingerprint density at radius 2 is 1.82 bits per heavy atom. The summed E-state index contributed by atoms with van der Waals surface area (Å²) in [6, 6.07) is -0.0476. The zero-order valence-electron chi connectivity index (χ0n) is 17.5. The highest BCUT2D eigenvalue weighted by Crippen LogP contribution is 2.35. The molecule has 3 atom stereocenters. The molecule has 7 nitrogen and oxygen atoms in total. The lowest BCUT2D eigenvalue weighted by atomic mass is 9.75. The van der Waals surface area contributed by atoms with E-state index in [1.54, 1.807) is 7.05 Å². The van der Waals surface area contributed by atoms with E-state index in [4.69, 9.17) is 5.73 Å². The molecule has 4 N–H and O–H groups in total. The molecule has 0 aromatic carbocycles. The summed E-state index contributed by atoms with van der Waals surface area (Å²) < 4.78 is 25.9. The molecule has 0 spiro atoms. The maximum Gasteiger partial charge on any atom is 0.208 e. The van der Waals surface area contributed by atoms with Gasteiger partial charge in [-0.3, -0.25) is 4.99 Å². The van der Waals surface area contributed by atoms with E-state index in [0.717, 1.165) is 44.8 Å². The molecule has 0 aromatic heterocycles. The highest BCUT2D eigenvalue weighted by Gasteiger charge is 2.36. The number of aliphatic imine (C=N–C) groups is 1. The van der Waals surface area contributed by atoms with Gasteiger partial charge >= 0.3 is 0 Å². The fourth-order valence-electron chi connectivity index (χ4n) is 5.00. The number of rotatable bonds is 9. The zero-order valence-corrected chi connectivity index (χ0v) is 18.3. The van der Waals surface area contributed by atoms with Gasteiger partial charge in [-0.15, -0.1) is 0 Å². The Labute approximate surface area is 170 Å². The number of nitrogens with two attached hydrogens (primary N) is 1. The van der Waals surface area contributed by atoms with Gasteiger partial charge in [0.1, 0.15) is 6.29 Å². The average Bonchev–Trinajstić information content (AvgIpc) is 2.66. The van der Waals surface area contributed by atoms with Crippen LogP contribution in [0.3, 0.4) is 0 Å². The third-order valence-electron chi connectivity index (χ3n) is 6.38. The van der Waals surface area contributed by atoms with Gasteiger partial charge in [-0.25, -0.2) is 13.1 Å². The van der Waals surface area contributed by atoms with Crippen molar-refractivity contribution >= 4 is 22.3 Å². The number of nitrogens with zero attached hydrogens (tertiary/aromatic N) is 1. The summed E-state index contributed by atoms with van der Waals surface area (Å²) in [4.78, 5) is 16.3. The molecule has 2 aliphatic carbocycles. The highest BCUT2D eigenvalue weighted by atomic mass is 32.2. The van der Waals surface area contributed by atoms with E-state index in [9.17, 15) is 13.2 Å². The Morgan fingerprint density at radius 3 is 2.43 bits per heavy atom. The number of hydrogen-bond acceptors (Lipinski definition) is 4. The maximum atomic E-state index is 12.3. The largest absolute Gasteiger partial charge is 0.370 e. The van der Waals surface area contributed by atoms with Crippen LogP contribution in [0.1, 0.15) is 77.0 Å². The first-order valence-corrected chi connectivity index (χ1v) is 12.6. The van der Waals surface area contributed by atoms with Gasteiger partial charge in [-0.05, 0) is 43.9 Å². The van der Waals surface area contributed by atoms with Crippen molar-refractivity contribution in [3.8, 4) is 0 Å². The first-order chi connectivity index (χ1) is 13.3. The maximum absolute atomic E-state index is 12.3. The van der Waals surface area contributed by atoms with Gasteiger partial charge in [-0.1, -0.05) is 44.9 Å². The smallest absolute Gasteiger partial charge is 0.208 e. The average molecular weight is 415 g/mol. The summed E-state index contributed by atoms with van der Waals surface area (Å²) in [5, 5.41) is 3.20. The van der Waals surface area contributed by atoms with E-state index in [0.29, 0.717) is 12.3 Å². The molecule has 0 radical (unpaired) electrons. The second kappa shape index (κ2) is 10.6. The number of carbonyl (C=O) groups excluding carboxylic acids is 1. The van der Waals surface area contributed by atoms with Crippen LogP contribution in [-0.4, -0.2) is 45.5 Å². The summed E-state index contributed by atoms with van der Waals surface area (Å²) in [5.74, 6) is 1.25. The Bertz CT molecular complexity index is 631.